The second kappa shape index (κ2) is 5.78. The van der Waals surface area contributed by atoms with Crippen molar-refractivity contribution in [2.45, 2.75) is 0 Å². The number of benzene rings is 2. The molecule has 0 aliphatic carbocycles. The van der Waals surface area contributed by atoms with Gasteiger partial charge in [-0.25, -0.2) is 19.3 Å². The SMILES string of the molecule is O=c1[nH]c2ccccc2n1-c1ncnc(Nc2ccccc2Cl)n1. The second-order valence-corrected chi connectivity index (χ2v) is 5.40. The maximum atomic E-state index is 12.2. The number of aromatic amines is 1. The van der Waals surface area contributed by atoms with Gasteiger partial charge >= 0.3 is 5.69 Å². The predicted octanol–water partition coefficient (Wildman–Crippen LogP) is 2.90. The summed E-state index contributed by atoms with van der Waals surface area (Å²) >= 11 is 6.12. The summed E-state index contributed by atoms with van der Waals surface area (Å²) in [7, 11) is 0. The van der Waals surface area contributed by atoms with E-state index in [-0.39, 0.29) is 11.6 Å². The van der Waals surface area contributed by atoms with Crippen LogP contribution in [-0.4, -0.2) is 24.5 Å². The number of nitrogens with one attached hydrogen (secondary N) is 2. The molecule has 0 amide bonds. The fourth-order valence-electron chi connectivity index (χ4n) is 2.39. The number of hydrogen-bond donors (Lipinski definition) is 2. The molecule has 0 spiro atoms. The second-order valence-electron chi connectivity index (χ2n) is 5.00. The number of hydrogen-bond acceptors (Lipinski definition) is 5. The van der Waals surface area contributed by atoms with Crippen molar-refractivity contribution in [3.63, 3.8) is 0 Å². The maximum Gasteiger partial charge on any atom is 0.333 e. The minimum absolute atomic E-state index is 0.224. The Kier molecular flexibility index (Phi) is 3.47. The molecular weight excluding hydrogens is 328 g/mol. The van der Waals surface area contributed by atoms with Crippen molar-refractivity contribution >= 4 is 34.3 Å². The summed E-state index contributed by atoms with van der Waals surface area (Å²) < 4.78 is 1.40. The van der Waals surface area contributed by atoms with Crippen LogP contribution in [0.3, 0.4) is 0 Å². The average Bonchev–Trinajstić information content (AvgIpc) is 2.93. The van der Waals surface area contributed by atoms with Crippen LogP contribution in [0, 0.1) is 0 Å². The Morgan fingerprint density at radius 2 is 1.83 bits per heavy atom. The van der Waals surface area contributed by atoms with Gasteiger partial charge in [0.05, 0.1) is 21.7 Å². The first-order chi connectivity index (χ1) is 11.7. The van der Waals surface area contributed by atoms with Gasteiger partial charge in [-0.15, -0.1) is 0 Å². The standard InChI is InChI=1S/C16H11ClN6O/c17-10-5-1-2-6-11(10)20-14-18-9-19-15(22-14)23-13-8-4-3-7-12(13)21-16(23)24/h1-9H,(H,21,24)(H,18,19,20,22). The fraction of sp³-hybridized carbons (Fsp3) is 0. The predicted molar refractivity (Wildman–Crippen MR) is 92.0 cm³/mol. The van der Waals surface area contributed by atoms with Gasteiger partial charge in [0, 0.05) is 0 Å². The number of halogens is 1. The zero-order valence-electron chi connectivity index (χ0n) is 12.3. The minimum Gasteiger partial charge on any atom is -0.323 e. The van der Waals surface area contributed by atoms with Crippen LogP contribution in [0.2, 0.25) is 5.02 Å². The molecule has 0 saturated heterocycles. The molecule has 0 aliphatic rings. The molecular formula is C16H11ClN6O. The molecule has 4 aromatic rings. The summed E-state index contributed by atoms with van der Waals surface area (Å²) in [6.07, 6.45) is 1.34. The van der Waals surface area contributed by atoms with Gasteiger partial charge in [0.2, 0.25) is 11.9 Å². The largest absolute Gasteiger partial charge is 0.333 e. The average molecular weight is 339 g/mol. The Hall–Kier alpha value is -3.19. The van der Waals surface area contributed by atoms with Crippen molar-refractivity contribution in [1.29, 1.82) is 0 Å². The van der Waals surface area contributed by atoms with Gasteiger partial charge < -0.3 is 10.3 Å². The Labute approximate surface area is 141 Å². The number of anilines is 2. The van der Waals surface area contributed by atoms with Crippen LogP contribution in [0.4, 0.5) is 11.6 Å². The first kappa shape index (κ1) is 14.4. The van der Waals surface area contributed by atoms with Gasteiger partial charge in [-0.3, -0.25) is 0 Å². The highest BCUT2D eigenvalue weighted by molar-refractivity contribution is 6.33. The summed E-state index contributed by atoms with van der Waals surface area (Å²) in [6, 6.07) is 14.6. The Bertz CT molecular complexity index is 1090. The number of aromatic nitrogens is 5. The normalized spacial score (nSPS) is 10.9. The number of H-pyrrole nitrogens is 1. The molecule has 0 fully saturated rings. The summed E-state index contributed by atoms with van der Waals surface area (Å²) in [5, 5.41) is 3.57. The lowest BCUT2D eigenvalue weighted by Gasteiger charge is -2.07. The quantitative estimate of drug-likeness (QED) is 0.599. The van der Waals surface area contributed by atoms with Crippen LogP contribution in [0.25, 0.3) is 17.0 Å². The van der Waals surface area contributed by atoms with Crippen molar-refractivity contribution in [3.8, 4) is 5.95 Å². The highest BCUT2D eigenvalue weighted by Crippen LogP contribution is 2.23. The number of nitrogens with zero attached hydrogens (tertiary/aromatic N) is 4. The van der Waals surface area contributed by atoms with Crippen LogP contribution in [0.5, 0.6) is 0 Å². The number of rotatable bonds is 3. The van der Waals surface area contributed by atoms with E-state index in [9.17, 15) is 4.79 Å². The third-order valence-corrected chi connectivity index (χ3v) is 3.80. The molecule has 118 valence electrons. The van der Waals surface area contributed by atoms with Crippen LogP contribution in [0.1, 0.15) is 0 Å². The van der Waals surface area contributed by atoms with E-state index in [0.717, 1.165) is 0 Å². The van der Waals surface area contributed by atoms with Gasteiger partial charge in [-0.05, 0) is 24.3 Å². The van der Waals surface area contributed by atoms with Crippen molar-refractivity contribution in [2.75, 3.05) is 5.32 Å². The van der Waals surface area contributed by atoms with Crippen LogP contribution in [0.15, 0.2) is 59.7 Å². The first-order valence-corrected chi connectivity index (χ1v) is 7.51. The molecule has 0 bridgehead atoms. The third kappa shape index (κ3) is 2.50. The minimum atomic E-state index is -0.314. The summed E-state index contributed by atoms with van der Waals surface area (Å²) in [5.74, 6) is 0.521. The number of fused-ring (bicyclic) bond motifs is 1. The van der Waals surface area contributed by atoms with E-state index in [4.69, 9.17) is 11.6 Å². The summed E-state index contributed by atoms with van der Waals surface area (Å²) in [4.78, 5) is 27.5. The van der Waals surface area contributed by atoms with Gasteiger partial charge in [0.25, 0.3) is 0 Å². The van der Waals surface area contributed by atoms with E-state index in [2.05, 4.69) is 25.3 Å². The molecule has 24 heavy (non-hydrogen) atoms. The van der Waals surface area contributed by atoms with Gasteiger partial charge in [-0.2, -0.15) is 4.98 Å². The lowest BCUT2D eigenvalue weighted by Crippen LogP contribution is -2.18. The first-order valence-electron chi connectivity index (χ1n) is 7.13. The lowest BCUT2D eigenvalue weighted by atomic mass is 10.3. The summed E-state index contributed by atoms with van der Waals surface area (Å²) in [5.41, 5.74) is 1.76. The molecule has 2 aromatic heterocycles. The fourth-order valence-corrected chi connectivity index (χ4v) is 2.58. The molecule has 2 heterocycles. The van der Waals surface area contributed by atoms with Crippen molar-refractivity contribution in [2.24, 2.45) is 0 Å². The topological polar surface area (TPSA) is 88.5 Å². The molecule has 0 radical (unpaired) electrons. The molecule has 2 N–H and O–H groups in total. The van der Waals surface area contributed by atoms with Gasteiger partial charge in [0.1, 0.15) is 6.33 Å². The molecule has 0 saturated carbocycles. The smallest absolute Gasteiger partial charge is 0.323 e. The molecule has 2 aromatic carbocycles. The molecule has 8 heteroatoms. The van der Waals surface area contributed by atoms with Crippen molar-refractivity contribution < 1.29 is 0 Å². The Morgan fingerprint density at radius 3 is 2.71 bits per heavy atom. The molecule has 0 unspecified atom stereocenters. The van der Waals surface area contributed by atoms with Gasteiger partial charge in [-0.1, -0.05) is 35.9 Å². The maximum absolute atomic E-state index is 12.2. The van der Waals surface area contributed by atoms with Crippen LogP contribution < -0.4 is 11.0 Å². The van der Waals surface area contributed by atoms with Crippen LogP contribution in [-0.2, 0) is 0 Å². The zero-order valence-corrected chi connectivity index (χ0v) is 13.0. The molecule has 0 atom stereocenters. The highest BCUT2D eigenvalue weighted by atomic mass is 35.5. The summed E-state index contributed by atoms with van der Waals surface area (Å²) in [6.45, 7) is 0. The van der Waals surface area contributed by atoms with Crippen molar-refractivity contribution in [1.82, 2.24) is 24.5 Å². The Balaban J connectivity index is 1.79. The third-order valence-electron chi connectivity index (χ3n) is 3.47. The zero-order chi connectivity index (χ0) is 16.5. The molecule has 4 rings (SSSR count). The van der Waals surface area contributed by atoms with Crippen molar-refractivity contribution in [3.05, 3.63) is 70.4 Å². The highest BCUT2D eigenvalue weighted by Gasteiger charge is 2.12. The van der Waals surface area contributed by atoms with E-state index in [1.54, 1.807) is 6.07 Å². The van der Waals surface area contributed by atoms with E-state index in [0.29, 0.717) is 27.7 Å². The van der Waals surface area contributed by atoms with Crippen LogP contribution >= 0.6 is 11.6 Å². The van der Waals surface area contributed by atoms with E-state index < -0.39 is 0 Å². The van der Waals surface area contributed by atoms with E-state index in [1.807, 2.05) is 42.5 Å². The lowest BCUT2D eigenvalue weighted by molar-refractivity contribution is 0.886. The van der Waals surface area contributed by atoms with E-state index >= 15 is 0 Å². The van der Waals surface area contributed by atoms with E-state index in [1.165, 1.54) is 10.9 Å². The monoisotopic (exact) mass is 338 g/mol. The number of imidazole rings is 1. The number of para-hydroxylation sites is 3. The Morgan fingerprint density at radius 1 is 1.04 bits per heavy atom. The molecule has 7 nitrogen and oxygen atoms in total. The molecule has 0 aliphatic heterocycles. The van der Waals surface area contributed by atoms with Gasteiger partial charge in [0.15, 0.2) is 0 Å².